The Bertz CT molecular complexity index is 457. The van der Waals surface area contributed by atoms with Gasteiger partial charge >= 0.3 is 5.97 Å². The van der Waals surface area contributed by atoms with Crippen molar-refractivity contribution in [3.05, 3.63) is 33.0 Å². The van der Waals surface area contributed by atoms with Gasteiger partial charge in [-0.2, -0.15) is 0 Å². The Kier molecular flexibility index (Phi) is 9.43. The Hall–Kier alpha value is -1.50. The fourth-order valence-electron chi connectivity index (χ4n) is 2.30. The third kappa shape index (κ3) is 7.54. The van der Waals surface area contributed by atoms with Crippen LogP contribution in [-0.4, -0.2) is 41.7 Å². The average Bonchev–Trinajstić information content (AvgIpc) is 3.03. The number of rotatable bonds is 10. The van der Waals surface area contributed by atoms with E-state index in [-0.39, 0.29) is 10.6 Å². The maximum atomic E-state index is 12.0. The number of hydrogen-bond acceptors (Lipinski definition) is 6. The van der Waals surface area contributed by atoms with Crippen molar-refractivity contribution in [1.82, 2.24) is 4.90 Å². The highest BCUT2D eigenvalue weighted by atomic mass is 32.2. The van der Waals surface area contributed by atoms with Crippen LogP contribution in [0.4, 0.5) is 0 Å². The second kappa shape index (κ2) is 11.1. The molecule has 0 bridgehead atoms. The minimum absolute atomic E-state index is 0.0702. The van der Waals surface area contributed by atoms with E-state index in [4.69, 9.17) is 4.74 Å². The minimum Gasteiger partial charge on any atom is -0.462 e. The van der Waals surface area contributed by atoms with E-state index in [1.54, 1.807) is 6.26 Å². The van der Waals surface area contributed by atoms with Gasteiger partial charge < -0.3 is 9.64 Å². The van der Waals surface area contributed by atoms with Crippen LogP contribution in [-0.2, 0) is 9.53 Å². The Morgan fingerprint density at radius 1 is 1.30 bits per heavy atom. The average molecular weight is 342 g/mol. The molecule has 0 aromatic rings. The van der Waals surface area contributed by atoms with Crippen LogP contribution in [0.2, 0.25) is 0 Å². The van der Waals surface area contributed by atoms with E-state index >= 15 is 0 Å². The number of nitro groups is 1. The topological polar surface area (TPSA) is 72.7 Å². The summed E-state index contributed by atoms with van der Waals surface area (Å²) >= 11 is 1.17. The molecule has 0 saturated carbocycles. The zero-order chi connectivity index (χ0) is 17.1. The summed E-state index contributed by atoms with van der Waals surface area (Å²) in [5.41, 5.74) is -0.0702. The molecule has 0 aromatic heterocycles. The van der Waals surface area contributed by atoms with Crippen LogP contribution in [0.1, 0.15) is 45.4 Å². The van der Waals surface area contributed by atoms with Gasteiger partial charge in [-0.05, 0) is 25.5 Å². The third-order valence-electron chi connectivity index (χ3n) is 3.60. The number of thioether (sulfide) groups is 1. The molecule has 0 unspecified atom stereocenters. The lowest BCUT2D eigenvalue weighted by Gasteiger charge is -2.10. The van der Waals surface area contributed by atoms with Crippen molar-refractivity contribution < 1.29 is 14.5 Å². The molecule has 0 spiro atoms. The normalized spacial score (nSPS) is 15.8. The van der Waals surface area contributed by atoms with Gasteiger partial charge in [-0.1, -0.05) is 26.2 Å². The Morgan fingerprint density at radius 3 is 2.57 bits per heavy atom. The molecule has 1 heterocycles. The summed E-state index contributed by atoms with van der Waals surface area (Å²) in [7, 11) is 0. The molecule has 0 aromatic carbocycles. The molecule has 0 atom stereocenters. The number of unbranched alkanes of at least 4 members (excludes halogenated alkanes) is 3. The fraction of sp³-hybridized carbons (Fsp3) is 0.688. The maximum absolute atomic E-state index is 12.0. The molecule has 1 rings (SSSR count). The van der Waals surface area contributed by atoms with Gasteiger partial charge in [-0.15, -0.1) is 11.8 Å². The molecule has 7 heteroatoms. The largest absolute Gasteiger partial charge is 0.462 e. The standard InChI is InChI=1S/C16H26N2O4S/c1-3-4-5-8-11-22-16(19)15(23-2)12-14(18(20)21)13-17-9-6-7-10-17/h12-13H,3-11H2,1-2H3/b14-13+,15-12-. The van der Waals surface area contributed by atoms with Crippen molar-refractivity contribution in [3.63, 3.8) is 0 Å². The van der Waals surface area contributed by atoms with E-state index in [1.807, 2.05) is 4.90 Å². The quantitative estimate of drug-likeness (QED) is 0.151. The molecule has 1 aliphatic heterocycles. The number of carbonyl (C=O) groups excluding carboxylic acids is 1. The van der Waals surface area contributed by atoms with Crippen molar-refractivity contribution in [2.45, 2.75) is 45.4 Å². The van der Waals surface area contributed by atoms with Crippen LogP contribution in [0, 0.1) is 10.1 Å². The van der Waals surface area contributed by atoms with E-state index in [0.717, 1.165) is 51.6 Å². The van der Waals surface area contributed by atoms with Crippen LogP contribution in [0.15, 0.2) is 22.9 Å². The monoisotopic (exact) mass is 342 g/mol. The predicted octanol–water partition coefficient (Wildman–Crippen LogP) is 3.57. The molecule has 6 nitrogen and oxygen atoms in total. The van der Waals surface area contributed by atoms with Gasteiger partial charge in [0.15, 0.2) is 0 Å². The van der Waals surface area contributed by atoms with Gasteiger partial charge in [-0.25, -0.2) is 4.79 Å². The van der Waals surface area contributed by atoms with E-state index in [2.05, 4.69) is 6.92 Å². The number of carbonyl (C=O) groups is 1. The van der Waals surface area contributed by atoms with E-state index in [1.165, 1.54) is 24.0 Å². The van der Waals surface area contributed by atoms with E-state index < -0.39 is 10.9 Å². The van der Waals surface area contributed by atoms with Crippen LogP contribution in [0.5, 0.6) is 0 Å². The zero-order valence-corrected chi connectivity index (χ0v) is 14.8. The molecule has 23 heavy (non-hydrogen) atoms. The first-order valence-corrected chi connectivity index (χ1v) is 9.34. The molecule has 130 valence electrons. The highest BCUT2D eigenvalue weighted by Gasteiger charge is 2.18. The first kappa shape index (κ1) is 19.5. The van der Waals surface area contributed by atoms with Crippen molar-refractivity contribution in [2.75, 3.05) is 26.0 Å². The van der Waals surface area contributed by atoms with Crippen molar-refractivity contribution in [2.24, 2.45) is 0 Å². The van der Waals surface area contributed by atoms with Crippen LogP contribution >= 0.6 is 11.8 Å². The first-order chi connectivity index (χ1) is 11.1. The fourth-order valence-corrected chi connectivity index (χ4v) is 2.76. The van der Waals surface area contributed by atoms with Gasteiger partial charge in [-0.3, -0.25) is 10.1 Å². The summed E-state index contributed by atoms with van der Waals surface area (Å²) in [6.07, 6.45) is 10.7. The molecule has 0 radical (unpaired) electrons. The van der Waals surface area contributed by atoms with Gasteiger partial charge in [0.05, 0.1) is 22.6 Å². The lowest BCUT2D eigenvalue weighted by molar-refractivity contribution is -0.420. The summed E-state index contributed by atoms with van der Waals surface area (Å²) in [5, 5.41) is 11.2. The van der Waals surface area contributed by atoms with Crippen molar-refractivity contribution >= 4 is 17.7 Å². The van der Waals surface area contributed by atoms with Gasteiger partial charge in [0.25, 0.3) is 5.70 Å². The number of likely N-dealkylation sites (tertiary alicyclic amines) is 1. The first-order valence-electron chi connectivity index (χ1n) is 8.11. The smallest absolute Gasteiger partial charge is 0.344 e. The van der Waals surface area contributed by atoms with Crippen LogP contribution in [0.25, 0.3) is 0 Å². The van der Waals surface area contributed by atoms with E-state index in [9.17, 15) is 14.9 Å². The Morgan fingerprint density at radius 2 is 2.00 bits per heavy atom. The SMILES string of the molecule is CCCCCCOC(=O)/C(=C/C(=C\N1CCCC1)[N+](=O)[O-])SC. The highest BCUT2D eigenvalue weighted by molar-refractivity contribution is 8.03. The van der Waals surface area contributed by atoms with Crippen LogP contribution in [0.3, 0.4) is 0 Å². The Labute approximate surface area is 142 Å². The van der Waals surface area contributed by atoms with Gasteiger partial charge in [0.1, 0.15) is 0 Å². The number of hydrogen-bond donors (Lipinski definition) is 0. The Balaban J connectivity index is 2.65. The summed E-state index contributed by atoms with van der Waals surface area (Å²) < 4.78 is 5.20. The molecule has 0 aliphatic carbocycles. The minimum atomic E-state index is -0.483. The highest BCUT2D eigenvalue weighted by Crippen LogP contribution is 2.18. The third-order valence-corrected chi connectivity index (χ3v) is 4.32. The summed E-state index contributed by atoms with van der Waals surface area (Å²) in [5.74, 6) is -0.483. The molecule has 1 saturated heterocycles. The number of allylic oxidation sites excluding steroid dienone is 1. The molecule has 0 N–H and O–H groups in total. The predicted molar refractivity (Wildman–Crippen MR) is 92.6 cm³/mol. The molecule has 1 fully saturated rings. The molecule has 1 aliphatic rings. The van der Waals surface area contributed by atoms with Crippen molar-refractivity contribution in [1.29, 1.82) is 0 Å². The zero-order valence-electron chi connectivity index (χ0n) is 14.0. The number of nitrogens with zero attached hydrogens (tertiary/aromatic N) is 2. The maximum Gasteiger partial charge on any atom is 0.344 e. The second-order valence-corrected chi connectivity index (χ2v) is 6.31. The molecule has 0 amide bonds. The molecular weight excluding hydrogens is 316 g/mol. The number of esters is 1. The summed E-state index contributed by atoms with van der Waals surface area (Å²) in [4.78, 5) is 25.0. The second-order valence-electron chi connectivity index (χ2n) is 5.46. The van der Waals surface area contributed by atoms with Crippen LogP contribution < -0.4 is 0 Å². The summed E-state index contributed by atoms with van der Waals surface area (Å²) in [6, 6.07) is 0. The van der Waals surface area contributed by atoms with Gasteiger partial charge in [0.2, 0.25) is 0 Å². The number of ether oxygens (including phenoxy) is 1. The molecular formula is C16H26N2O4S. The van der Waals surface area contributed by atoms with Gasteiger partial charge in [0, 0.05) is 19.2 Å². The van der Waals surface area contributed by atoms with Crippen molar-refractivity contribution in [3.8, 4) is 0 Å². The van der Waals surface area contributed by atoms with E-state index in [0.29, 0.717) is 6.61 Å². The lowest BCUT2D eigenvalue weighted by Crippen LogP contribution is -2.14. The lowest BCUT2D eigenvalue weighted by atomic mass is 10.2. The summed E-state index contributed by atoms with van der Waals surface area (Å²) in [6.45, 7) is 4.12.